The average Bonchev–Trinajstić information content (AvgIpc) is 3.53. The molecule has 42 heavy (non-hydrogen) atoms. The van der Waals surface area contributed by atoms with Gasteiger partial charge >= 0.3 is 5.30 Å². The quantitative estimate of drug-likeness (QED) is 0.219. The molecule has 216 valence electrons. The molecule has 4 aromatic rings. The van der Waals surface area contributed by atoms with Crippen LogP contribution in [-0.2, 0) is 29.0 Å². The molecule has 1 fully saturated rings. The Balaban J connectivity index is 1.21. The number of nitrogens with zero attached hydrogens (tertiary/aromatic N) is 1. The van der Waals surface area contributed by atoms with E-state index in [9.17, 15) is 14.4 Å². The zero-order valence-corrected chi connectivity index (χ0v) is 24.1. The van der Waals surface area contributed by atoms with Crippen LogP contribution in [0.4, 0.5) is 10.5 Å². The summed E-state index contributed by atoms with van der Waals surface area (Å²) >= 11 is 0. The molecule has 9 heteroatoms. The summed E-state index contributed by atoms with van der Waals surface area (Å²) in [5.74, 6) is 0.675. The molecule has 1 saturated heterocycles. The Morgan fingerprint density at radius 2 is 1.60 bits per heavy atom. The molecule has 0 bridgehead atoms. The van der Waals surface area contributed by atoms with E-state index in [1.807, 2.05) is 72.8 Å². The summed E-state index contributed by atoms with van der Waals surface area (Å²) < 4.78 is 5.74. The van der Waals surface area contributed by atoms with Crippen molar-refractivity contribution < 1.29 is 19.1 Å². The molecule has 2 heterocycles. The molecule has 8 nitrogen and oxygen atoms in total. The SMILES string of the molecule is O=C(Cc1cccc(NC(=O)c2ccnc(S3(C(=O)OCc4ccccc4)CCNC3)c2)c1)NCCc1ccccc1. The lowest BCUT2D eigenvalue weighted by molar-refractivity contribution is -0.120. The number of ether oxygens (including phenoxy) is 1. The van der Waals surface area contributed by atoms with Crippen LogP contribution in [0.2, 0.25) is 0 Å². The van der Waals surface area contributed by atoms with E-state index in [1.54, 1.807) is 30.5 Å². The first kappa shape index (κ1) is 29.0. The number of aromatic nitrogens is 1. The van der Waals surface area contributed by atoms with Crippen LogP contribution in [0, 0.1) is 0 Å². The minimum Gasteiger partial charge on any atom is -0.453 e. The van der Waals surface area contributed by atoms with Crippen molar-refractivity contribution >= 4 is 32.8 Å². The maximum absolute atomic E-state index is 13.4. The second-order valence-corrected chi connectivity index (χ2v) is 13.3. The fourth-order valence-corrected chi connectivity index (χ4v) is 7.61. The largest absolute Gasteiger partial charge is 0.453 e. The van der Waals surface area contributed by atoms with Gasteiger partial charge in [-0.2, -0.15) is 0 Å². The number of hydrogen-bond donors (Lipinski definition) is 3. The fourth-order valence-electron chi connectivity index (χ4n) is 4.77. The van der Waals surface area contributed by atoms with Crippen LogP contribution in [-0.4, -0.2) is 46.8 Å². The highest BCUT2D eigenvalue weighted by molar-refractivity contribution is 8.45. The third-order valence-electron chi connectivity index (χ3n) is 7.02. The van der Waals surface area contributed by atoms with E-state index >= 15 is 0 Å². The van der Waals surface area contributed by atoms with Crippen LogP contribution in [0.15, 0.2) is 108 Å². The minimum atomic E-state index is -2.07. The summed E-state index contributed by atoms with van der Waals surface area (Å²) in [6.07, 6.45) is 2.54. The Morgan fingerprint density at radius 1 is 0.857 bits per heavy atom. The molecule has 5 rings (SSSR count). The lowest BCUT2D eigenvalue weighted by atomic mass is 10.1. The fraction of sp³-hybridized carbons (Fsp3) is 0.212. The number of nitrogens with one attached hydrogen (secondary N) is 3. The Morgan fingerprint density at radius 3 is 2.33 bits per heavy atom. The van der Waals surface area contributed by atoms with Crippen molar-refractivity contribution in [3.8, 4) is 0 Å². The highest BCUT2D eigenvalue weighted by Crippen LogP contribution is 2.57. The maximum atomic E-state index is 13.4. The number of carbonyl (C=O) groups is 3. The monoisotopic (exact) mass is 582 g/mol. The lowest BCUT2D eigenvalue weighted by Crippen LogP contribution is -2.27. The van der Waals surface area contributed by atoms with Crippen LogP contribution in [0.5, 0.6) is 0 Å². The molecule has 2 amide bonds. The van der Waals surface area contributed by atoms with Crippen molar-refractivity contribution in [2.24, 2.45) is 0 Å². The van der Waals surface area contributed by atoms with Crippen LogP contribution < -0.4 is 16.0 Å². The summed E-state index contributed by atoms with van der Waals surface area (Å²) in [5, 5.41) is 9.46. The first-order chi connectivity index (χ1) is 20.5. The van der Waals surface area contributed by atoms with Gasteiger partial charge in [-0.3, -0.25) is 14.6 Å². The number of rotatable bonds is 10. The van der Waals surface area contributed by atoms with Crippen molar-refractivity contribution in [3.63, 3.8) is 0 Å². The first-order valence-corrected chi connectivity index (χ1v) is 15.9. The van der Waals surface area contributed by atoms with E-state index in [0.29, 0.717) is 41.0 Å². The standard InChI is InChI=1S/C33H34N4O4S/c38-30(35-16-14-25-8-3-1-4-9-25)21-27-12-7-13-29(20-27)37-32(39)28-15-17-36-31(22-28)42(19-18-34-24-42)33(40)41-23-26-10-5-2-6-11-26/h1-13,15,17,20,22,34H,14,16,18-19,21,23-24H2,(H,35,38)(H,37,39). The number of amides is 2. The molecule has 3 N–H and O–H groups in total. The molecular formula is C33H34N4O4S. The molecule has 1 aliphatic rings. The van der Waals surface area contributed by atoms with Gasteiger partial charge in [0.15, 0.2) is 0 Å². The third-order valence-corrected chi connectivity index (χ3v) is 10.4. The topological polar surface area (TPSA) is 109 Å². The molecule has 0 saturated carbocycles. The molecule has 0 aliphatic carbocycles. The molecule has 1 unspecified atom stereocenters. The van der Waals surface area contributed by atoms with Gasteiger partial charge in [-0.15, -0.1) is 0 Å². The molecule has 3 aromatic carbocycles. The van der Waals surface area contributed by atoms with E-state index < -0.39 is 10.0 Å². The summed E-state index contributed by atoms with van der Waals surface area (Å²) in [6.45, 7) is 1.43. The number of benzene rings is 3. The average molecular weight is 583 g/mol. The summed E-state index contributed by atoms with van der Waals surface area (Å²) in [7, 11) is -2.07. The Labute approximate surface area is 247 Å². The van der Waals surface area contributed by atoms with Crippen molar-refractivity contribution in [1.29, 1.82) is 0 Å². The molecule has 1 aliphatic heterocycles. The number of pyridine rings is 1. The maximum Gasteiger partial charge on any atom is 0.356 e. The predicted octanol–water partition coefficient (Wildman–Crippen LogP) is 5.30. The second kappa shape index (κ2) is 13.9. The summed E-state index contributed by atoms with van der Waals surface area (Å²) in [4.78, 5) is 43.6. The van der Waals surface area contributed by atoms with Crippen molar-refractivity contribution in [3.05, 3.63) is 126 Å². The highest BCUT2D eigenvalue weighted by Gasteiger charge is 2.40. The molecule has 0 spiro atoms. The van der Waals surface area contributed by atoms with Crippen LogP contribution in [0.3, 0.4) is 0 Å². The second-order valence-electron chi connectivity index (χ2n) is 10.1. The van der Waals surface area contributed by atoms with Crippen LogP contribution in [0.1, 0.15) is 27.0 Å². The normalized spacial score (nSPS) is 17.5. The number of anilines is 1. The van der Waals surface area contributed by atoms with Gasteiger partial charge in [0, 0.05) is 42.2 Å². The van der Waals surface area contributed by atoms with Gasteiger partial charge < -0.3 is 20.7 Å². The van der Waals surface area contributed by atoms with Crippen LogP contribution >= 0.6 is 10.0 Å². The Bertz CT molecular complexity index is 1530. The van der Waals surface area contributed by atoms with E-state index in [0.717, 1.165) is 17.5 Å². The highest BCUT2D eigenvalue weighted by atomic mass is 32.3. The van der Waals surface area contributed by atoms with Gasteiger partial charge in [0.05, 0.1) is 11.4 Å². The van der Waals surface area contributed by atoms with Gasteiger partial charge in [0.2, 0.25) is 5.91 Å². The summed E-state index contributed by atoms with van der Waals surface area (Å²) in [6, 6.07) is 30.1. The minimum absolute atomic E-state index is 0.0780. The van der Waals surface area contributed by atoms with Gasteiger partial charge in [0.25, 0.3) is 5.91 Å². The van der Waals surface area contributed by atoms with Crippen molar-refractivity contribution in [2.45, 2.75) is 24.5 Å². The smallest absolute Gasteiger partial charge is 0.356 e. The number of carbonyl (C=O) groups excluding carboxylic acids is 3. The molecule has 0 radical (unpaired) electrons. The van der Waals surface area contributed by atoms with Crippen molar-refractivity contribution in [2.75, 3.05) is 30.0 Å². The Kier molecular flexibility index (Phi) is 9.63. The third kappa shape index (κ3) is 7.43. The van der Waals surface area contributed by atoms with E-state index in [1.165, 1.54) is 5.56 Å². The van der Waals surface area contributed by atoms with E-state index in [-0.39, 0.29) is 30.1 Å². The van der Waals surface area contributed by atoms with Gasteiger partial charge in [-0.25, -0.2) is 4.79 Å². The van der Waals surface area contributed by atoms with Gasteiger partial charge in [-0.05, 0) is 47.4 Å². The van der Waals surface area contributed by atoms with Gasteiger partial charge in [-0.1, -0.05) is 82.8 Å². The lowest BCUT2D eigenvalue weighted by Gasteiger charge is -2.31. The molecule has 1 aromatic heterocycles. The molecule has 1 atom stereocenters. The zero-order valence-electron chi connectivity index (χ0n) is 23.3. The van der Waals surface area contributed by atoms with E-state index in [4.69, 9.17) is 4.74 Å². The van der Waals surface area contributed by atoms with Crippen LogP contribution in [0.25, 0.3) is 0 Å². The van der Waals surface area contributed by atoms with Gasteiger partial charge in [0.1, 0.15) is 6.61 Å². The first-order valence-electron chi connectivity index (χ1n) is 13.9. The summed E-state index contributed by atoms with van der Waals surface area (Å²) in [5.41, 5.74) is 3.86. The van der Waals surface area contributed by atoms with Crippen molar-refractivity contribution in [1.82, 2.24) is 15.6 Å². The van der Waals surface area contributed by atoms with E-state index in [2.05, 4.69) is 20.9 Å². The predicted molar refractivity (Wildman–Crippen MR) is 166 cm³/mol. The Hall–Kier alpha value is -4.47. The molecular weight excluding hydrogens is 548 g/mol. The zero-order chi connectivity index (χ0) is 29.2. The number of hydrogen-bond acceptors (Lipinski definition) is 6.